The number of hydrogen-bond donors (Lipinski definition) is 1. The number of aryl methyl sites for hydroxylation is 1. The lowest BCUT2D eigenvalue weighted by molar-refractivity contribution is 0.0758. The van der Waals surface area contributed by atoms with E-state index in [9.17, 15) is 4.79 Å². The van der Waals surface area contributed by atoms with Crippen LogP contribution in [0.25, 0.3) is 11.1 Å². The third kappa shape index (κ3) is 3.93. The first-order valence-corrected chi connectivity index (χ1v) is 9.69. The van der Waals surface area contributed by atoms with Crippen molar-refractivity contribution >= 4 is 33.8 Å². The monoisotopic (exact) mass is 364 g/mol. The lowest BCUT2D eigenvalue weighted by Gasteiger charge is -2.22. The highest BCUT2D eigenvalue weighted by Gasteiger charge is 2.26. The smallest absolute Gasteiger partial charge is 0.257 e. The van der Waals surface area contributed by atoms with E-state index in [1.807, 2.05) is 29.2 Å². The van der Waals surface area contributed by atoms with Crippen LogP contribution < -0.4 is 5.73 Å². The van der Waals surface area contributed by atoms with Gasteiger partial charge in [0.25, 0.3) is 5.91 Å². The van der Waals surface area contributed by atoms with E-state index < -0.39 is 0 Å². The maximum atomic E-state index is 13.2. The fraction of sp³-hybridized carbons (Fsp3) is 0.421. The fourth-order valence-electron chi connectivity index (χ4n) is 2.89. The van der Waals surface area contributed by atoms with Gasteiger partial charge < -0.3 is 10.6 Å². The highest BCUT2D eigenvalue weighted by atomic mass is 35.5. The van der Waals surface area contributed by atoms with Gasteiger partial charge >= 0.3 is 0 Å². The molecule has 5 heteroatoms. The second kappa shape index (κ2) is 8.54. The number of amides is 1. The number of anilines is 1. The number of nitrogen functional groups attached to an aromatic ring is 1. The second-order valence-corrected chi connectivity index (χ2v) is 7.37. The largest absolute Gasteiger partial charge is 0.390 e. The van der Waals surface area contributed by atoms with Crippen molar-refractivity contribution in [3.63, 3.8) is 0 Å². The van der Waals surface area contributed by atoms with Crippen LogP contribution in [-0.2, 0) is 6.42 Å². The van der Waals surface area contributed by atoms with Crippen LogP contribution >= 0.6 is 22.9 Å². The predicted molar refractivity (Wildman–Crippen MR) is 105 cm³/mol. The number of carbonyl (C=O) groups excluding carboxylic acids is 1. The minimum absolute atomic E-state index is 0.0390. The molecule has 0 aliphatic heterocycles. The first kappa shape index (κ1) is 18.8. The first-order valence-electron chi connectivity index (χ1n) is 8.49. The number of rotatable bonds is 7. The SMILES string of the molecule is CCCN(CCC)C(=O)c1c(N)sc(CC)c1-c1ccc(Cl)cc1. The molecule has 0 aliphatic rings. The zero-order chi connectivity index (χ0) is 17.7. The minimum atomic E-state index is 0.0390. The van der Waals surface area contributed by atoms with E-state index in [2.05, 4.69) is 20.8 Å². The average Bonchev–Trinajstić information content (AvgIpc) is 2.91. The van der Waals surface area contributed by atoms with E-state index in [1.165, 1.54) is 11.3 Å². The number of nitrogens with two attached hydrogens (primary N) is 1. The molecule has 0 aliphatic carbocycles. The predicted octanol–water partition coefficient (Wildman–Crippen LogP) is 5.48. The Labute approximate surface area is 153 Å². The Morgan fingerprint density at radius 1 is 1.12 bits per heavy atom. The molecule has 0 unspecified atom stereocenters. The van der Waals surface area contributed by atoms with Crippen LogP contribution in [0.4, 0.5) is 5.00 Å². The quantitative estimate of drug-likeness (QED) is 0.707. The molecule has 0 spiro atoms. The van der Waals surface area contributed by atoms with E-state index in [4.69, 9.17) is 17.3 Å². The van der Waals surface area contributed by atoms with Gasteiger partial charge in [-0.25, -0.2) is 0 Å². The molecule has 0 atom stereocenters. The number of thiophene rings is 1. The van der Waals surface area contributed by atoms with Crippen LogP contribution in [0.5, 0.6) is 0 Å². The van der Waals surface area contributed by atoms with Gasteiger partial charge in [0.2, 0.25) is 0 Å². The zero-order valence-electron chi connectivity index (χ0n) is 14.6. The van der Waals surface area contributed by atoms with Crippen LogP contribution in [0.2, 0.25) is 5.02 Å². The van der Waals surface area contributed by atoms with Gasteiger partial charge in [0, 0.05) is 28.6 Å². The van der Waals surface area contributed by atoms with Gasteiger partial charge in [0.15, 0.2) is 0 Å². The van der Waals surface area contributed by atoms with Gasteiger partial charge in [-0.05, 0) is 37.0 Å². The van der Waals surface area contributed by atoms with Crippen molar-refractivity contribution in [2.75, 3.05) is 18.8 Å². The molecule has 24 heavy (non-hydrogen) atoms. The zero-order valence-corrected chi connectivity index (χ0v) is 16.1. The highest BCUT2D eigenvalue weighted by Crippen LogP contribution is 2.40. The van der Waals surface area contributed by atoms with Gasteiger partial charge in [-0.3, -0.25) is 4.79 Å². The molecule has 1 heterocycles. The molecule has 0 bridgehead atoms. The molecule has 0 saturated heterocycles. The molecule has 2 rings (SSSR count). The molecule has 130 valence electrons. The highest BCUT2D eigenvalue weighted by molar-refractivity contribution is 7.17. The van der Waals surface area contributed by atoms with Gasteiger partial charge in [0.05, 0.1) is 10.6 Å². The van der Waals surface area contributed by atoms with Crippen LogP contribution in [0.3, 0.4) is 0 Å². The number of nitrogens with zero attached hydrogens (tertiary/aromatic N) is 1. The Balaban J connectivity index is 2.54. The summed E-state index contributed by atoms with van der Waals surface area (Å²) in [5, 5.41) is 1.30. The maximum Gasteiger partial charge on any atom is 0.257 e. The van der Waals surface area contributed by atoms with E-state index in [0.29, 0.717) is 15.6 Å². The van der Waals surface area contributed by atoms with E-state index in [0.717, 1.165) is 48.4 Å². The van der Waals surface area contributed by atoms with Crippen molar-refractivity contribution in [3.05, 3.63) is 39.7 Å². The molecular weight excluding hydrogens is 340 g/mol. The third-order valence-corrected chi connectivity index (χ3v) is 5.37. The van der Waals surface area contributed by atoms with E-state index in [1.54, 1.807) is 0 Å². The van der Waals surface area contributed by atoms with Crippen LogP contribution in [0, 0.1) is 0 Å². The Kier molecular flexibility index (Phi) is 6.69. The summed E-state index contributed by atoms with van der Waals surface area (Å²) >= 11 is 7.54. The van der Waals surface area contributed by atoms with Gasteiger partial charge in [-0.2, -0.15) is 0 Å². The number of halogens is 1. The van der Waals surface area contributed by atoms with E-state index >= 15 is 0 Å². The molecular formula is C19H25ClN2OS. The number of hydrogen-bond acceptors (Lipinski definition) is 3. The summed E-state index contributed by atoms with van der Waals surface area (Å²) < 4.78 is 0. The van der Waals surface area contributed by atoms with Crippen LogP contribution in [-0.4, -0.2) is 23.9 Å². The normalized spacial score (nSPS) is 10.8. The molecule has 1 aromatic heterocycles. The third-order valence-electron chi connectivity index (χ3n) is 3.95. The summed E-state index contributed by atoms with van der Waals surface area (Å²) in [6.45, 7) is 7.77. The molecule has 0 radical (unpaired) electrons. The summed E-state index contributed by atoms with van der Waals surface area (Å²) in [4.78, 5) is 16.2. The second-order valence-electron chi connectivity index (χ2n) is 5.79. The summed E-state index contributed by atoms with van der Waals surface area (Å²) in [6, 6.07) is 7.64. The maximum absolute atomic E-state index is 13.2. The van der Waals surface area contributed by atoms with Crippen LogP contribution in [0.15, 0.2) is 24.3 Å². The Hall–Kier alpha value is -1.52. The Morgan fingerprint density at radius 3 is 2.21 bits per heavy atom. The molecule has 2 N–H and O–H groups in total. The summed E-state index contributed by atoms with van der Waals surface area (Å²) in [6.07, 6.45) is 2.72. The summed E-state index contributed by atoms with van der Waals surface area (Å²) in [5.74, 6) is 0.0390. The van der Waals surface area contributed by atoms with Crippen molar-refractivity contribution < 1.29 is 4.79 Å². The summed E-state index contributed by atoms with van der Waals surface area (Å²) in [5.41, 5.74) is 8.89. The average molecular weight is 365 g/mol. The van der Waals surface area contributed by atoms with Crippen LogP contribution in [0.1, 0.15) is 48.8 Å². The summed E-state index contributed by atoms with van der Waals surface area (Å²) in [7, 11) is 0. The van der Waals surface area contributed by atoms with Crippen molar-refractivity contribution in [1.29, 1.82) is 0 Å². The Morgan fingerprint density at radius 2 is 1.71 bits per heavy atom. The van der Waals surface area contributed by atoms with Gasteiger partial charge in [-0.1, -0.05) is 44.5 Å². The lowest BCUT2D eigenvalue weighted by atomic mass is 9.99. The van der Waals surface area contributed by atoms with E-state index in [-0.39, 0.29) is 5.91 Å². The number of benzene rings is 1. The minimum Gasteiger partial charge on any atom is -0.390 e. The first-order chi connectivity index (χ1) is 11.5. The van der Waals surface area contributed by atoms with Crippen molar-refractivity contribution in [2.45, 2.75) is 40.0 Å². The van der Waals surface area contributed by atoms with Crippen molar-refractivity contribution in [3.8, 4) is 11.1 Å². The molecule has 1 amide bonds. The van der Waals surface area contributed by atoms with Crippen molar-refractivity contribution in [2.24, 2.45) is 0 Å². The molecule has 1 aromatic carbocycles. The lowest BCUT2D eigenvalue weighted by Crippen LogP contribution is -2.33. The Bertz CT molecular complexity index is 688. The standard InChI is InChI=1S/C19H25ClN2OS/c1-4-11-22(12-5-2)19(23)17-16(15(6-3)24-18(17)21)13-7-9-14(20)10-8-13/h7-10H,4-6,11-12,21H2,1-3H3. The molecule has 2 aromatic rings. The van der Waals surface area contributed by atoms with Crippen molar-refractivity contribution in [1.82, 2.24) is 4.90 Å². The number of carbonyl (C=O) groups is 1. The molecule has 3 nitrogen and oxygen atoms in total. The fourth-order valence-corrected chi connectivity index (χ4v) is 4.04. The topological polar surface area (TPSA) is 46.3 Å². The van der Waals surface area contributed by atoms with Gasteiger partial charge in [0.1, 0.15) is 0 Å². The molecule has 0 fully saturated rings. The van der Waals surface area contributed by atoms with Gasteiger partial charge in [-0.15, -0.1) is 11.3 Å². The molecule has 0 saturated carbocycles.